The van der Waals surface area contributed by atoms with Gasteiger partial charge in [-0.25, -0.2) is 9.37 Å². The summed E-state index contributed by atoms with van der Waals surface area (Å²) in [6, 6.07) is 8.07. The fourth-order valence-electron chi connectivity index (χ4n) is 3.06. The van der Waals surface area contributed by atoms with E-state index in [0.717, 1.165) is 18.2 Å². The van der Waals surface area contributed by atoms with Crippen LogP contribution >= 0.6 is 0 Å². The summed E-state index contributed by atoms with van der Waals surface area (Å²) < 4.78 is 65.4. The minimum Gasteiger partial charge on any atom is -0.481 e. The summed E-state index contributed by atoms with van der Waals surface area (Å²) in [5.41, 5.74) is -1.14. The van der Waals surface area contributed by atoms with Crippen LogP contribution in [0.1, 0.15) is 21.5 Å². The van der Waals surface area contributed by atoms with Crippen molar-refractivity contribution in [3.63, 3.8) is 0 Å². The monoisotopic (exact) mass is 479 g/mol. The molecule has 0 spiro atoms. The third-order valence-corrected chi connectivity index (χ3v) is 4.66. The molecule has 1 heterocycles. The average molecular weight is 479 g/mol. The first-order chi connectivity index (χ1) is 16.1. The predicted molar refractivity (Wildman–Crippen MR) is 117 cm³/mol. The van der Waals surface area contributed by atoms with Crippen LogP contribution in [0.15, 0.2) is 48.7 Å². The standard InChI is InChI=1S/C23H21F4N3O4/c1-13-9-14(24)3-4-19(13)34-20-12-17(23(25,26)27)18(28-7-8-31)11-16(20)22(32)30-15-5-6-29-21(10-15)33-2/h3-6,9-12,28,31H,7-8H2,1-2H3,(H,29,30,32). The second-order valence-corrected chi connectivity index (χ2v) is 7.09. The van der Waals surface area contributed by atoms with Gasteiger partial charge >= 0.3 is 6.18 Å². The number of hydrogen-bond donors (Lipinski definition) is 3. The highest BCUT2D eigenvalue weighted by atomic mass is 19.4. The molecule has 1 aromatic heterocycles. The van der Waals surface area contributed by atoms with E-state index in [2.05, 4.69) is 15.6 Å². The minimum atomic E-state index is -4.79. The molecule has 180 valence electrons. The molecule has 0 aliphatic heterocycles. The van der Waals surface area contributed by atoms with Crippen LogP contribution in [0.4, 0.5) is 28.9 Å². The maximum Gasteiger partial charge on any atom is 0.418 e. The van der Waals surface area contributed by atoms with Gasteiger partial charge in [-0.2, -0.15) is 13.2 Å². The maximum absolute atomic E-state index is 13.8. The molecule has 1 amide bonds. The molecule has 0 unspecified atom stereocenters. The van der Waals surface area contributed by atoms with Gasteiger partial charge < -0.3 is 25.2 Å². The van der Waals surface area contributed by atoms with Crippen LogP contribution in [0.25, 0.3) is 0 Å². The maximum atomic E-state index is 13.8. The molecule has 0 aliphatic carbocycles. The summed E-state index contributed by atoms with van der Waals surface area (Å²) in [5, 5.41) is 14.1. The van der Waals surface area contributed by atoms with Gasteiger partial charge in [-0.15, -0.1) is 0 Å². The van der Waals surface area contributed by atoms with Crippen molar-refractivity contribution in [2.24, 2.45) is 0 Å². The number of methoxy groups -OCH3 is 1. The summed E-state index contributed by atoms with van der Waals surface area (Å²) in [6.45, 7) is 0.912. The van der Waals surface area contributed by atoms with Crippen molar-refractivity contribution in [1.29, 1.82) is 0 Å². The van der Waals surface area contributed by atoms with Crippen LogP contribution in [0.2, 0.25) is 0 Å². The van der Waals surface area contributed by atoms with E-state index in [4.69, 9.17) is 14.6 Å². The molecule has 3 aromatic rings. The highest BCUT2D eigenvalue weighted by molar-refractivity contribution is 6.07. The number of benzene rings is 2. The predicted octanol–water partition coefficient (Wildman–Crippen LogP) is 5.01. The number of aliphatic hydroxyl groups excluding tert-OH is 1. The number of aromatic nitrogens is 1. The van der Waals surface area contributed by atoms with Crippen LogP contribution < -0.4 is 20.1 Å². The first kappa shape index (κ1) is 24.8. The number of ether oxygens (including phenoxy) is 2. The molecule has 0 saturated carbocycles. The summed E-state index contributed by atoms with van der Waals surface area (Å²) >= 11 is 0. The molecule has 0 saturated heterocycles. The zero-order chi connectivity index (χ0) is 24.9. The van der Waals surface area contributed by atoms with Crippen LogP contribution in [0.5, 0.6) is 17.4 Å². The van der Waals surface area contributed by atoms with Crippen LogP contribution in [0, 0.1) is 12.7 Å². The third kappa shape index (κ3) is 5.93. The zero-order valence-electron chi connectivity index (χ0n) is 18.2. The number of hydrogen-bond acceptors (Lipinski definition) is 6. The summed E-state index contributed by atoms with van der Waals surface area (Å²) in [5.74, 6) is -1.42. The molecule has 3 rings (SSSR count). The van der Waals surface area contributed by atoms with E-state index in [0.29, 0.717) is 11.6 Å². The number of amides is 1. The Morgan fingerprint density at radius 2 is 1.88 bits per heavy atom. The lowest BCUT2D eigenvalue weighted by atomic mass is 10.1. The number of pyridine rings is 1. The number of rotatable bonds is 8. The number of aryl methyl sites for hydroxylation is 1. The Balaban J connectivity index is 2.10. The highest BCUT2D eigenvalue weighted by Crippen LogP contribution is 2.41. The molecule has 3 N–H and O–H groups in total. The van der Waals surface area contributed by atoms with Crippen molar-refractivity contribution in [3.8, 4) is 17.4 Å². The zero-order valence-corrected chi connectivity index (χ0v) is 18.2. The Bertz CT molecular complexity index is 1190. The Labute approximate surface area is 192 Å². The summed E-state index contributed by atoms with van der Waals surface area (Å²) in [4.78, 5) is 17.0. The topological polar surface area (TPSA) is 92.7 Å². The largest absolute Gasteiger partial charge is 0.481 e. The lowest BCUT2D eigenvalue weighted by Crippen LogP contribution is -2.18. The van der Waals surface area contributed by atoms with Gasteiger partial charge in [-0.05, 0) is 48.9 Å². The van der Waals surface area contributed by atoms with Crippen LogP contribution in [0.3, 0.4) is 0 Å². The van der Waals surface area contributed by atoms with Gasteiger partial charge in [0.05, 0.1) is 24.8 Å². The van der Waals surface area contributed by atoms with Crippen molar-refractivity contribution in [3.05, 3.63) is 71.2 Å². The molecule has 0 radical (unpaired) electrons. The Morgan fingerprint density at radius 1 is 1.12 bits per heavy atom. The fraction of sp³-hybridized carbons (Fsp3) is 0.217. The number of nitrogens with zero attached hydrogens (tertiary/aromatic N) is 1. The number of alkyl halides is 3. The Kier molecular flexibility index (Phi) is 7.57. The van der Waals surface area contributed by atoms with E-state index in [9.17, 15) is 22.4 Å². The number of aliphatic hydroxyl groups is 1. The molecular formula is C23H21F4N3O4. The SMILES string of the molecule is COc1cc(NC(=O)c2cc(NCCO)c(C(F)(F)F)cc2Oc2ccc(F)cc2C)ccn1. The smallest absolute Gasteiger partial charge is 0.418 e. The highest BCUT2D eigenvalue weighted by Gasteiger charge is 2.35. The van der Waals surface area contributed by atoms with E-state index < -0.39 is 41.5 Å². The average Bonchev–Trinajstić information content (AvgIpc) is 2.79. The third-order valence-electron chi connectivity index (χ3n) is 4.66. The second-order valence-electron chi connectivity index (χ2n) is 7.09. The van der Waals surface area contributed by atoms with Crippen molar-refractivity contribution >= 4 is 17.3 Å². The second kappa shape index (κ2) is 10.4. The van der Waals surface area contributed by atoms with Gasteiger partial charge in [0.25, 0.3) is 5.91 Å². The fourth-order valence-corrected chi connectivity index (χ4v) is 3.06. The first-order valence-corrected chi connectivity index (χ1v) is 9.97. The normalized spacial score (nSPS) is 11.1. The van der Waals surface area contributed by atoms with Gasteiger partial charge in [0.15, 0.2) is 0 Å². The summed E-state index contributed by atoms with van der Waals surface area (Å²) in [6.07, 6.45) is -3.41. The van der Waals surface area contributed by atoms with Gasteiger partial charge in [0.2, 0.25) is 5.88 Å². The molecule has 34 heavy (non-hydrogen) atoms. The van der Waals surface area contributed by atoms with E-state index in [1.54, 1.807) is 0 Å². The van der Waals surface area contributed by atoms with Gasteiger partial charge in [-0.3, -0.25) is 4.79 Å². The molecule has 0 bridgehead atoms. The molecule has 0 aliphatic rings. The molecule has 11 heteroatoms. The quantitative estimate of drug-likeness (QED) is 0.394. The van der Waals surface area contributed by atoms with E-state index in [-0.39, 0.29) is 29.4 Å². The first-order valence-electron chi connectivity index (χ1n) is 9.97. The van der Waals surface area contributed by atoms with E-state index in [1.807, 2.05) is 0 Å². The van der Waals surface area contributed by atoms with E-state index >= 15 is 0 Å². The Hall–Kier alpha value is -3.86. The van der Waals surface area contributed by atoms with Crippen LogP contribution in [-0.2, 0) is 6.18 Å². The molecular weight excluding hydrogens is 458 g/mol. The lowest BCUT2D eigenvalue weighted by Gasteiger charge is -2.19. The van der Waals surface area contributed by atoms with Crippen molar-refractivity contribution < 1.29 is 36.9 Å². The molecule has 7 nitrogen and oxygen atoms in total. The molecule has 2 aromatic carbocycles. The van der Waals surface area contributed by atoms with Crippen LogP contribution in [-0.4, -0.2) is 36.3 Å². The van der Waals surface area contributed by atoms with Gasteiger partial charge in [-0.1, -0.05) is 0 Å². The van der Waals surface area contributed by atoms with Crippen molar-refractivity contribution in [1.82, 2.24) is 4.98 Å². The van der Waals surface area contributed by atoms with Crippen molar-refractivity contribution in [2.45, 2.75) is 13.1 Å². The lowest BCUT2D eigenvalue weighted by molar-refractivity contribution is -0.137. The van der Waals surface area contributed by atoms with Gasteiger partial charge in [0, 0.05) is 30.2 Å². The molecule has 0 fully saturated rings. The van der Waals surface area contributed by atoms with Crippen molar-refractivity contribution in [2.75, 3.05) is 30.9 Å². The molecule has 0 atom stereocenters. The number of nitrogens with one attached hydrogen (secondary N) is 2. The Morgan fingerprint density at radius 3 is 2.53 bits per heavy atom. The van der Waals surface area contributed by atoms with E-state index in [1.165, 1.54) is 38.4 Å². The number of halogens is 4. The number of carbonyl (C=O) groups is 1. The summed E-state index contributed by atoms with van der Waals surface area (Å²) in [7, 11) is 1.39. The number of carbonyl (C=O) groups excluding carboxylic acids is 1. The number of anilines is 2. The van der Waals surface area contributed by atoms with Gasteiger partial charge in [0.1, 0.15) is 17.3 Å². The minimum absolute atomic E-state index is 0.0743.